The average molecular weight is 490 g/mol. The van der Waals surface area contributed by atoms with Crippen molar-refractivity contribution in [3.63, 3.8) is 0 Å². The Bertz CT molecular complexity index is 1410. The highest BCUT2D eigenvalue weighted by Gasteiger charge is 2.29. The van der Waals surface area contributed by atoms with Gasteiger partial charge in [-0.2, -0.15) is 0 Å². The molecule has 0 spiro atoms. The van der Waals surface area contributed by atoms with Gasteiger partial charge in [0, 0.05) is 36.5 Å². The van der Waals surface area contributed by atoms with Gasteiger partial charge in [-0.25, -0.2) is 18.1 Å². The molecule has 9 heteroatoms. The van der Waals surface area contributed by atoms with Crippen molar-refractivity contribution in [2.45, 2.75) is 43.2 Å². The number of imidazole rings is 1. The van der Waals surface area contributed by atoms with Crippen LogP contribution in [0, 0.1) is 5.92 Å². The quantitative estimate of drug-likeness (QED) is 0.365. The molecule has 5 rings (SSSR count). The Morgan fingerprint density at radius 3 is 2.54 bits per heavy atom. The zero-order valence-electron chi connectivity index (χ0n) is 19.1. The molecule has 2 heterocycles. The summed E-state index contributed by atoms with van der Waals surface area (Å²) in [5.74, 6) is 0.598. The number of hydrogen-bond acceptors (Lipinski definition) is 5. The average Bonchev–Trinajstić information content (AvgIpc) is 3.32. The van der Waals surface area contributed by atoms with Gasteiger partial charge in [-0.3, -0.25) is 9.78 Å². The summed E-state index contributed by atoms with van der Waals surface area (Å²) < 4.78 is 28.9. The van der Waals surface area contributed by atoms with Crippen molar-refractivity contribution in [2.24, 2.45) is 5.92 Å². The van der Waals surface area contributed by atoms with E-state index in [0.717, 1.165) is 16.6 Å². The zero-order chi connectivity index (χ0) is 24.3. The summed E-state index contributed by atoms with van der Waals surface area (Å²) >= 11 is 0. The Balaban J connectivity index is 1.19. The lowest BCUT2D eigenvalue weighted by Gasteiger charge is -2.28. The highest BCUT2D eigenvalue weighted by Crippen LogP contribution is 2.27. The molecule has 8 nitrogen and oxygen atoms in total. The summed E-state index contributed by atoms with van der Waals surface area (Å²) in [4.78, 5) is 24.6. The number of fused-ring (bicyclic) bond motifs is 1. The van der Waals surface area contributed by atoms with Gasteiger partial charge >= 0.3 is 0 Å². The molecule has 0 atom stereocenters. The summed E-state index contributed by atoms with van der Waals surface area (Å²) in [6.07, 6.45) is 5.95. The molecule has 1 amide bonds. The second-order valence-electron chi connectivity index (χ2n) is 8.88. The molecule has 1 fully saturated rings. The molecule has 0 unspecified atom stereocenters. The van der Waals surface area contributed by atoms with E-state index in [1.165, 1.54) is 0 Å². The summed E-state index contributed by atoms with van der Waals surface area (Å²) in [6, 6.07) is 18.2. The van der Waals surface area contributed by atoms with Gasteiger partial charge in [-0.05, 0) is 55.5 Å². The van der Waals surface area contributed by atoms with Gasteiger partial charge in [0.05, 0.1) is 15.9 Å². The van der Waals surface area contributed by atoms with Crippen LogP contribution in [0.15, 0.2) is 78.0 Å². The first-order chi connectivity index (χ1) is 17.0. The van der Waals surface area contributed by atoms with Crippen LogP contribution in [-0.4, -0.2) is 35.3 Å². The Morgan fingerprint density at radius 1 is 1.00 bits per heavy atom. The molecule has 2 aromatic carbocycles. The fraction of sp³-hybridized carbons (Fsp3) is 0.269. The molecule has 1 aliphatic carbocycles. The van der Waals surface area contributed by atoms with E-state index in [1.54, 1.807) is 30.6 Å². The van der Waals surface area contributed by atoms with Crippen molar-refractivity contribution in [1.29, 1.82) is 0 Å². The molecule has 0 bridgehead atoms. The fourth-order valence-electron chi connectivity index (χ4n) is 4.48. The number of rotatable bonds is 7. The molecule has 0 aliphatic heterocycles. The maximum absolute atomic E-state index is 13.1. The number of amides is 1. The second kappa shape index (κ2) is 9.97. The Morgan fingerprint density at radius 2 is 1.80 bits per heavy atom. The number of nitrogens with zero attached hydrogens (tertiary/aromatic N) is 2. The number of nitrogens with one attached hydrogen (secondary N) is 3. The highest BCUT2D eigenvalue weighted by molar-refractivity contribution is 7.89. The monoisotopic (exact) mass is 489 g/mol. The number of carbonyl (C=O) groups excluding carboxylic acids is 1. The minimum atomic E-state index is -3.70. The Kier molecular flexibility index (Phi) is 6.61. The number of aromatic nitrogens is 3. The van der Waals surface area contributed by atoms with Gasteiger partial charge in [0.25, 0.3) is 0 Å². The molecule has 4 aromatic rings. The third-order valence-corrected chi connectivity index (χ3v) is 7.94. The predicted molar refractivity (Wildman–Crippen MR) is 134 cm³/mol. The molecule has 2 aromatic heterocycles. The highest BCUT2D eigenvalue weighted by atomic mass is 32.2. The second-order valence-corrected chi connectivity index (χ2v) is 10.6. The lowest BCUT2D eigenvalue weighted by atomic mass is 9.86. The number of benzene rings is 2. The third kappa shape index (κ3) is 5.41. The smallest absolute Gasteiger partial charge is 0.240 e. The van der Waals surface area contributed by atoms with E-state index >= 15 is 0 Å². The number of sulfonamides is 1. The first kappa shape index (κ1) is 23.2. The number of hydrogen-bond donors (Lipinski definition) is 3. The minimum absolute atomic E-state index is 0.00774. The van der Waals surface area contributed by atoms with E-state index in [9.17, 15) is 13.2 Å². The van der Waals surface area contributed by atoms with Crippen molar-refractivity contribution in [3.8, 4) is 11.4 Å². The lowest BCUT2D eigenvalue weighted by molar-refractivity contribution is -0.126. The standard InChI is InChI=1S/C26H27N5O3S/c32-26(28-17-18-5-4-14-27-16-18)20-8-10-21(11-9-20)31-35(33,34)22-12-13-23-24(15-22)30-25(29-23)19-6-2-1-3-7-19/h1-7,12-16,20-21,31H,8-11,17H2,(H,28,32)(H,29,30)/t20-,21-. The first-order valence-corrected chi connectivity index (χ1v) is 13.2. The van der Waals surface area contributed by atoms with E-state index in [-0.39, 0.29) is 22.8 Å². The summed E-state index contributed by atoms with van der Waals surface area (Å²) in [5, 5.41) is 2.96. The number of carbonyl (C=O) groups is 1. The number of pyridine rings is 1. The molecule has 1 saturated carbocycles. The van der Waals surface area contributed by atoms with Crippen LogP contribution >= 0.6 is 0 Å². The molecule has 0 saturated heterocycles. The van der Waals surface area contributed by atoms with Gasteiger partial charge in [0.15, 0.2) is 0 Å². The molecular formula is C26H27N5O3S. The lowest BCUT2D eigenvalue weighted by Crippen LogP contribution is -2.40. The third-order valence-electron chi connectivity index (χ3n) is 6.42. The molecule has 3 N–H and O–H groups in total. The maximum Gasteiger partial charge on any atom is 0.240 e. The van der Waals surface area contributed by atoms with Gasteiger partial charge in [-0.1, -0.05) is 36.4 Å². The minimum Gasteiger partial charge on any atom is -0.352 e. The predicted octanol–water partition coefficient (Wildman–Crippen LogP) is 3.78. The zero-order valence-corrected chi connectivity index (χ0v) is 20.0. The van der Waals surface area contributed by atoms with Crippen LogP contribution in [0.3, 0.4) is 0 Å². The van der Waals surface area contributed by atoms with Crippen molar-refractivity contribution in [2.75, 3.05) is 0 Å². The van der Waals surface area contributed by atoms with Gasteiger partial charge < -0.3 is 10.3 Å². The molecule has 1 aliphatic rings. The van der Waals surface area contributed by atoms with Crippen LogP contribution in [0.4, 0.5) is 0 Å². The summed E-state index contributed by atoms with van der Waals surface area (Å²) in [7, 11) is -3.70. The Hall–Kier alpha value is -3.56. The van der Waals surface area contributed by atoms with Crippen LogP contribution in [0.1, 0.15) is 31.2 Å². The molecule has 35 heavy (non-hydrogen) atoms. The van der Waals surface area contributed by atoms with E-state index < -0.39 is 10.0 Å². The van der Waals surface area contributed by atoms with Gasteiger partial charge in [-0.15, -0.1) is 0 Å². The first-order valence-electron chi connectivity index (χ1n) is 11.7. The van der Waals surface area contributed by atoms with Crippen molar-refractivity contribution in [1.82, 2.24) is 25.0 Å². The fourth-order valence-corrected chi connectivity index (χ4v) is 5.81. The van der Waals surface area contributed by atoms with E-state index in [4.69, 9.17) is 0 Å². The number of aromatic amines is 1. The van der Waals surface area contributed by atoms with E-state index in [1.807, 2.05) is 42.5 Å². The van der Waals surface area contributed by atoms with E-state index in [0.29, 0.717) is 43.6 Å². The molecule has 180 valence electrons. The van der Waals surface area contributed by atoms with Gasteiger partial charge in [0.2, 0.25) is 15.9 Å². The van der Waals surface area contributed by atoms with Crippen LogP contribution in [-0.2, 0) is 21.4 Å². The topological polar surface area (TPSA) is 117 Å². The summed E-state index contributed by atoms with van der Waals surface area (Å²) in [6.45, 7) is 0.445. The largest absolute Gasteiger partial charge is 0.352 e. The van der Waals surface area contributed by atoms with Crippen LogP contribution < -0.4 is 10.0 Å². The SMILES string of the molecule is O=C(NCc1cccnc1)[C@H]1CC[C@H](NS(=O)(=O)c2ccc3[nH]c(-c4ccccc4)nc3c2)CC1. The van der Waals surface area contributed by atoms with Crippen LogP contribution in [0.25, 0.3) is 22.4 Å². The van der Waals surface area contributed by atoms with Crippen LogP contribution in [0.2, 0.25) is 0 Å². The maximum atomic E-state index is 13.1. The molecular weight excluding hydrogens is 462 g/mol. The number of H-pyrrole nitrogens is 1. The van der Waals surface area contributed by atoms with Crippen LogP contribution in [0.5, 0.6) is 0 Å². The molecule has 0 radical (unpaired) electrons. The van der Waals surface area contributed by atoms with Crippen molar-refractivity contribution >= 4 is 27.0 Å². The normalized spacial score (nSPS) is 18.4. The van der Waals surface area contributed by atoms with Gasteiger partial charge in [0.1, 0.15) is 5.82 Å². The Labute approximate surface area is 204 Å². The van der Waals surface area contributed by atoms with E-state index in [2.05, 4.69) is 25.0 Å². The summed E-state index contributed by atoms with van der Waals surface area (Å²) in [5.41, 5.74) is 3.26. The van der Waals surface area contributed by atoms with Crippen molar-refractivity contribution in [3.05, 3.63) is 78.6 Å². The van der Waals surface area contributed by atoms with Crippen molar-refractivity contribution < 1.29 is 13.2 Å².